The number of halogens is 2. The van der Waals surface area contributed by atoms with Crippen LogP contribution in [0.1, 0.15) is 24.2 Å². The Balaban J connectivity index is 2.41. The molecule has 0 spiro atoms. The van der Waals surface area contributed by atoms with E-state index < -0.39 is 5.82 Å². The summed E-state index contributed by atoms with van der Waals surface area (Å²) >= 11 is 3.13. The molecule has 2 amide bonds. The molecule has 104 valence electrons. The Bertz CT molecular complexity index is 478. The highest BCUT2D eigenvalue weighted by atomic mass is 79.9. The van der Waals surface area contributed by atoms with Gasteiger partial charge in [0.25, 0.3) is 5.91 Å². The van der Waals surface area contributed by atoms with E-state index in [2.05, 4.69) is 26.6 Å². The summed E-state index contributed by atoms with van der Waals surface area (Å²) in [7, 11) is 0. The van der Waals surface area contributed by atoms with Crippen molar-refractivity contribution in [3.63, 3.8) is 0 Å². The summed E-state index contributed by atoms with van der Waals surface area (Å²) in [5.74, 6) is -0.863. The van der Waals surface area contributed by atoms with Crippen molar-refractivity contribution in [1.29, 1.82) is 0 Å². The number of rotatable bonds is 5. The third-order valence-corrected chi connectivity index (χ3v) is 3.07. The Kier molecular flexibility index (Phi) is 5.95. The zero-order valence-electron chi connectivity index (χ0n) is 10.8. The summed E-state index contributed by atoms with van der Waals surface area (Å²) in [5, 5.41) is 5.33. The number of carbonyl (C=O) groups is 2. The summed E-state index contributed by atoms with van der Waals surface area (Å²) < 4.78 is 13.3. The van der Waals surface area contributed by atoms with E-state index in [9.17, 15) is 14.0 Å². The van der Waals surface area contributed by atoms with Crippen LogP contribution in [0.2, 0.25) is 0 Å². The van der Waals surface area contributed by atoms with Crippen molar-refractivity contribution in [2.75, 3.05) is 13.1 Å². The third kappa shape index (κ3) is 4.98. The molecule has 1 rings (SSSR count). The fourth-order valence-electron chi connectivity index (χ4n) is 1.33. The minimum absolute atomic E-state index is 0.0581. The molecule has 0 aliphatic rings. The first-order valence-electron chi connectivity index (χ1n) is 5.92. The van der Waals surface area contributed by atoms with Crippen molar-refractivity contribution in [3.05, 3.63) is 34.1 Å². The summed E-state index contributed by atoms with van der Waals surface area (Å²) in [6.07, 6.45) is 0. The van der Waals surface area contributed by atoms with E-state index in [-0.39, 0.29) is 17.7 Å². The van der Waals surface area contributed by atoms with Gasteiger partial charge < -0.3 is 10.6 Å². The number of benzene rings is 1. The van der Waals surface area contributed by atoms with Gasteiger partial charge in [0.15, 0.2) is 0 Å². The van der Waals surface area contributed by atoms with E-state index in [0.717, 1.165) is 0 Å². The molecule has 0 heterocycles. The molecule has 0 bridgehead atoms. The molecular formula is C13H16BrFN2O2. The Hall–Kier alpha value is -1.43. The lowest BCUT2D eigenvalue weighted by Crippen LogP contribution is -2.36. The maximum absolute atomic E-state index is 12.9. The Labute approximate surface area is 119 Å². The number of hydrogen-bond donors (Lipinski definition) is 2. The maximum Gasteiger partial charge on any atom is 0.252 e. The maximum atomic E-state index is 12.9. The van der Waals surface area contributed by atoms with Crippen LogP contribution < -0.4 is 10.6 Å². The van der Waals surface area contributed by atoms with E-state index in [1.807, 2.05) is 0 Å². The van der Waals surface area contributed by atoms with Crippen LogP contribution >= 0.6 is 15.9 Å². The van der Waals surface area contributed by atoms with E-state index in [1.165, 1.54) is 18.2 Å². The zero-order valence-corrected chi connectivity index (χ0v) is 12.4. The van der Waals surface area contributed by atoms with Crippen LogP contribution in [0.3, 0.4) is 0 Å². The molecule has 0 aromatic heterocycles. The predicted octanol–water partition coefficient (Wildman–Crippen LogP) is 2.09. The quantitative estimate of drug-likeness (QED) is 0.812. The van der Waals surface area contributed by atoms with Crippen LogP contribution in [0.5, 0.6) is 0 Å². The monoisotopic (exact) mass is 330 g/mol. The molecule has 0 saturated carbocycles. The number of nitrogens with one attached hydrogen (secondary N) is 2. The van der Waals surface area contributed by atoms with Gasteiger partial charge in [-0.1, -0.05) is 13.8 Å². The molecule has 1 aromatic carbocycles. The minimum atomic E-state index is -0.410. The minimum Gasteiger partial charge on any atom is -0.354 e. The fraction of sp³-hybridized carbons (Fsp3) is 0.385. The van der Waals surface area contributed by atoms with Gasteiger partial charge in [-0.25, -0.2) is 4.39 Å². The second kappa shape index (κ2) is 7.23. The normalized spacial score (nSPS) is 10.4. The molecule has 2 N–H and O–H groups in total. The van der Waals surface area contributed by atoms with Gasteiger partial charge in [0, 0.05) is 23.5 Å². The Morgan fingerprint density at radius 1 is 1.26 bits per heavy atom. The molecule has 19 heavy (non-hydrogen) atoms. The average molecular weight is 331 g/mol. The van der Waals surface area contributed by atoms with E-state index >= 15 is 0 Å². The predicted molar refractivity (Wildman–Crippen MR) is 74.3 cm³/mol. The fourth-order valence-corrected chi connectivity index (χ4v) is 1.87. The van der Waals surface area contributed by atoms with Crippen LogP contribution in [0, 0.1) is 11.7 Å². The van der Waals surface area contributed by atoms with E-state index in [1.54, 1.807) is 13.8 Å². The number of amides is 2. The van der Waals surface area contributed by atoms with Crippen molar-refractivity contribution in [1.82, 2.24) is 10.6 Å². The molecule has 0 aliphatic carbocycles. The van der Waals surface area contributed by atoms with Crippen LogP contribution in [-0.2, 0) is 4.79 Å². The van der Waals surface area contributed by atoms with Crippen molar-refractivity contribution < 1.29 is 14.0 Å². The molecule has 0 saturated heterocycles. The lowest BCUT2D eigenvalue weighted by atomic mass is 10.2. The molecule has 0 aliphatic heterocycles. The second-order valence-corrected chi connectivity index (χ2v) is 5.18. The van der Waals surface area contributed by atoms with E-state index in [4.69, 9.17) is 0 Å². The van der Waals surface area contributed by atoms with Crippen LogP contribution in [0.25, 0.3) is 0 Å². The van der Waals surface area contributed by atoms with Crippen LogP contribution in [0.4, 0.5) is 4.39 Å². The third-order valence-electron chi connectivity index (χ3n) is 2.41. The van der Waals surface area contributed by atoms with Gasteiger partial charge in [-0.05, 0) is 34.1 Å². The summed E-state index contributed by atoms with van der Waals surface area (Å²) in [6.45, 7) is 4.27. The highest BCUT2D eigenvalue weighted by molar-refractivity contribution is 9.10. The van der Waals surface area contributed by atoms with Crippen molar-refractivity contribution in [3.8, 4) is 0 Å². The molecule has 0 atom stereocenters. The van der Waals surface area contributed by atoms with Gasteiger partial charge in [-0.15, -0.1) is 0 Å². The smallest absolute Gasteiger partial charge is 0.252 e. The summed E-state index contributed by atoms with van der Waals surface area (Å²) in [5.41, 5.74) is 0.358. The standard InChI is InChI=1S/C13H16BrFN2O2/c1-8(2)12(18)16-5-6-17-13(19)10-4-3-9(15)7-11(10)14/h3-4,7-8H,5-6H2,1-2H3,(H,16,18)(H,17,19). The summed E-state index contributed by atoms with van der Waals surface area (Å²) in [6, 6.07) is 3.86. The number of hydrogen-bond acceptors (Lipinski definition) is 2. The van der Waals surface area contributed by atoms with Gasteiger partial charge in [-0.3, -0.25) is 9.59 Å². The van der Waals surface area contributed by atoms with Gasteiger partial charge in [0.2, 0.25) is 5.91 Å². The molecular weight excluding hydrogens is 315 g/mol. The van der Waals surface area contributed by atoms with Crippen molar-refractivity contribution in [2.45, 2.75) is 13.8 Å². The topological polar surface area (TPSA) is 58.2 Å². The molecule has 0 fully saturated rings. The molecule has 0 radical (unpaired) electrons. The van der Waals surface area contributed by atoms with Crippen LogP contribution in [-0.4, -0.2) is 24.9 Å². The van der Waals surface area contributed by atoms with Gasteiger partial charge >= 0.3 is 0 Å². The molecule has 1 aromatic rings. The highest BCUT2D eigenvalue weighted by Gasteiger charge is 2.10. The van der Waals surface area contributed by atoms with E-state index in [0.29, 0.717) is 23.1 Å². The number of carbonyl (C=O) groups excluding carboxylic acids is 2. The average Bonchev–Trinajstić information content (AvgIpc) is 2.33. The summed E-state index contributed by atoms with van der Waals surface area (Å²) in [4.78, 5) is 23.1. The first-order valence-corrected chi connectivity index (χ1v) is 6.72. The molecule has 4 nitrogen and oxygen atoms in total. The van der Waals surface area contributed by atoms with Crippen molar-refractivity contribution in [2.24, 2.45) is 5.92 Å². The second-order valence-electron chi connectivity index (χ2n) is 4.33. The zero-order chi connectivity index (χ0) is 14.4. The Morgan fingerprint density at radius 2 is 1.89 bits per heavy atom. The lowest BCUT2D eigenvalue weighted by molar-refractivity contribution is -0.123. The van der Waals surface area contributed by atoms with Crippen LogP contribution in [0.15, 0.2) is 22.7 Å². The van der Waals surface area contributed by atoms with Gasteiger partial charge in [0.05, 0.1) is 5.56 Å². The van der Waals surface area contributed by atoms with Gasteiger partial charge in [-0.2, -0.15) is 0 Å². The SMILES string of the molecule is CC(C)C(=O)NCCNC(=O)c1ccc(F)cc1Br. The molecule has 0 unspecified atom stereocenters. The van der Waals surface area contributed by atoms with Crippen molar-refractivity contribution >= 4 is 27.7 Å². The highest BCUT2D eigenvalue weighted by Crippen LogP contribution is 2.17. The Morgan fingerprint density at radius 3 is 2.47 bits per heavy atom. The lowest BCUT2D eigenvalue weighted by Gasteiger charge is -2.09. The first kappa shape index (κ1) is 15.6. The molecule has 6 heteroatoms. The largest absolute Gasteiger partial charge is 0.354 e. The first-order chi connectivity index (χ1) is 8.91. The van der Waals surface area contributed by atoms with Gasteiger partial charge in [0.1, 0.15) is 5.82 Å².